The largest absolute Gasteiger partial charge is 0.294 e. The van der Waals surface area contributed by atoms with E-state index in [2.05, 4.69) is 81.7 Å². The van der Waals surface area contributed by atoms with Gasteiger partial charge in [-0.25, -0.2) is 4.98 Å². The van der Waals surface area contributed by atoms with E-state index in [1.165, 1.54) is 11.1 Å². The molecule has 0 N–H and O–H groups in total. The van der Waals surface area contributed by atoms with Gasteiger partial charge in [0.25, 0.3) is 0 Å². The Kier molecular flexibility index (Phi) is 3.42. The van der Waals surface area contributed by atoms with Crippen molar-refractivity contribution in [3.63, 3.8) is 0 Å². The lowest BCUT2D eigenvalue weighted by atomic mass is 10.0. The third kappa shape index (κ3) is 2.31. The average Bonchev–Trinajstić information content (AvgIpc) is 2.93. The third-order valence-corrected chi connectivity index (χ3v) is 4.75. The zero-order valence-electron chi connectivity index (χ0n) is 11.8. The Bertz CT molecular complexity index is 942. The Morgan fingerprint density at radius 2 is 1.45 bits per heavy atom. The molecular formula is C19H13IN2. The molecule has 0 saturated heterocycles. The van der Waals surface area contributed by atoms with Gasteiger partial charge in [-0.15, -0.1) is 0 Å². The number of rotatable bonds is 2. The Balaban J connectivity index is 1.87. The van der Waals surface area contributed by atoms with Crippen LogP contribution in [-0.4, -0.2) is 9.38 Å². The summed E-state index contributed by atoms with van der Waals surface area (Å²) in [5, 5.41) is 0. The number of hydrogen-bond acceptors (Lipinski definition) is 1. The third-order valence-electron chi connectivity index (χ3n) is 3.71. The zero-order chi connectivity index (χ0) is 14.9. The predicted octanol–water partition coefficient (Wildman–Crippen LogP) is 5.27. The second-order valence-corrected chi connectivity index (χ2v) is 6.15. The van der Waals surface area contributed by atoms with Gasteiger partial charge in [-0.2, -0.15) is 0 Å². The van der Waals surface area contributed by atoms with E-state index in [0.29, 0.717) is 0 Å². The summed E-state index contributed by atoms with van der Waals surface area (Å²) in [4.78, 5) is 4.77. The lowest BCUT2D eigenvalue weighted by Crippen LogP contribution is -1.86. The van der Waals surface area contributed by atoms with Crippen molar-refractivity contribution in [3.05, 3.63) is 82.7 Å². The molecule has 0 unspecified atom stereocenters. The fourth-order valence-electron chi connectivity index (χ4n) is 2.63. The fraction of sp³-hybridized carbons (Fsp3) is 0. The van der Waals surface area contributed by atoms with Crippen LogP contribution in [0.5, 0.6) is 0 Å². The molecule has 0 fully saturated rings. The molecular weight excluding hydrogens is 383 g/mol. The van der Waals surface area contributed by atoms with Crippen molar-refractivity contribution in [1.29, 1.82) is 0 Å². The van der Waals surface area contributed by atoms with Gasteiger partial charge in [-0.3, -0.25) is 4.40 Å². The SMILES string of the molecule is Ic1c(-c2cccc(-c3ccccc3)c2)nc2ccccn12. The summed E-state index contributed by atoms with van der Waals surface area (Å²) in [5.74, 6) is 0. The maximum absolute atomic E-state index is 4.77. The summed E-state index contributed by atoms with van der Waals surface area (Å²) in [6.45, 7) is 0. The zero-order valence-corrected chi connectivity index (χ0v) is 13.9. The van der Waals surface area contributed by atoms with Crippen LogP contribution in [0.2, 0.25) is 0 Å². The van der Waals surface area contributed by atoms with E-state index in [1.807, 2.05) is 24.3 Å². The highest BCUT2D eigenvalue weighted by molar-refractivity contribution is 14.1. The first-order valence-electron chi connectivity index (χ1n) is 7.11. The molecule has 2 aromatic carbocycles. The Morgan fingerprint density at radius 3 is 2.27 bits per heavy atom. The van der Waals surface area contributed by atoms with Crippen molar-refractivity contribution < 1.29 is 0 Å². The van der Waals surface area contributed by atoms with Gasteiger partial charge in [0.1, 0.15) is 15.0 Å². The summed E-state index contributed by atoms with van der Waals surface area (Å²) in [6.07, 6.45) is 2.05. The normalized spacial score (nSPS) is 11.0. The van der Waals surface area contributed by atoms with E-state index >= 15 is 0 Å². The van der Waals surface area contributed by atoms with E-state index in [0.717, 1.165) is 20.6 Å². The molecule has 106 valence electrons. The van der Waals surface area contributed by atoms with Crippen molar-refractivity contribution in [2.75, 3.05) is 0 Å². The molecule has 0 amide bonds. The highest BCUT2D eigenvalue weighted by Crippen LogP contribution is 2.29. The van der Waals surface area contributed by atoms with Gasteiger partial charge in [0.2, 0.25) is 0 Å². The predicted molar refractivity (Wildman–Crippen MR) is 98.8 cm³/mol. The van der Waals surface area contributed by atoms with Crippen LogP contribution in [-0.2, 0) is 0 Å². The number of fused-ring (bicyclic) bond motifs is 1. The second-order valence-electron chi connectivity index (χ2n) is 5.13. The van der Waals surface area contributed by atoms with Gasteiger partial charge in [0, 0.05) is 11.8 Å². The van der Waals surface area contributed by atoms with Gasteiger partial charge in [0.05, 0.1) is 0 Å². The molecule has 0 radical (unpaired) electrons. The van der Waals surface area contributed by atoms with Gasteiger partial charge in [-0.05, 0) is 51.9 Å². The van der Waals surface area contributed by atoms with Crippen molar-refractivity contribution >= 4 is 28.2 Å². The monoisotopic (exact) mass is 396 g/mol. The topological polar surface area (TPSA) is 17.3 Å². The van der Waals surface area contributed by atoms with Gasteiger partial charge in [-0.1, -0.05) is 54.6 Å². The molecule has 0 bridgehead atoms. The minimum Gasteiger partial charge on any atom is -0.294 e. The van der Waals surface area contributed by atoms with Crippen LogP contribution < -0.4 is 0 Å². The minimum atomic E-state index is 0.979. The van der Waals surface area contributed by atoms with Crippen LogP contribution in [0.4, 0.5) is 0 Å². The number of aromatic nitrogens is 2. The first-order chi connectivity index (χ1) is 10.8. The molecule has 0 atom stereocenters. The maximum atomic E-state index is 4.77. The maximum Gasteiger partial charge on any atom is 0.138 e. The quantitative estimate of drug-likeness (QED) is 0.422. The summed E-state index contributed by atoms with van der Waals surface area (Å²) in [5.41, 5.74) is 5.60. The molecule has 0 spiro atoms. The second kappa shape index (κ2) is 5.57. The Labute approximate surface area is 142 Å². The fourth-order valence-corrected chi connectivity index (χ4v) is 3.47. The molecule has 4 rings (SSSR count). The molecule has 2 aromatic heterocycles. The van der Waals surface area contributed by atoms with E-state index in [-0.39, 0.29) is 0 Å². The van der Waals surface area contributed by atoms with E-state index in [4.69, 9.17) is 4.98 Å². The summed E-state index contributed by atoms with van der Waals surface area (Å²) < 4.78 is 3.25. The molecule has 0 aliphatic rings. The lowest BCUT2D eigenvalue weighted by molar-refractivity contribution is 1.15. The van der Waals surface area contributed by atoms with Crippen LogP contribution in [0.25, 0.3) is 28.0 Å². The number of nitrogens with zero attached hydrogens (tertiary/aromatic N) is 2. The van der Waals surface area contributed by atoms with E-state index in [9.17, 15) is 0 Å². The number of hydrogen-bond donors (Lipinski definition) is 0. The van der Waals surface area contributed by atoms with Crippen LogP contribution in [0, 0.1) is 3.70 Å². The molecule has 22 heavy (non-hydrogen) atoms. The van der Waals surface area contributed by atoms with Gasteiger partial charge in [0.15, 0.2) is 0 Å². The molecule has 2 heterocycles. The average molecular weight is 396 g/mol. The van der Waals surface area contributed by atoms with Crippen molar-refractivity contribution in [1.82, 2.24) is 9.38 Å². The Hall–Kier alpha value is -2.14. The molecule has 2 nitrogen and oxygen atoms in total. The van der Waals surface area contributed by atoms with Crippen LogP contribution in [0.3, 0.4) is 0 Å². The van der Waals surface area contributed by atoms with Gasteiger partial charge >= 0.3 is 0 Å². The number of halogens is 1. The molecule has 4 aromatic rings. The van der Waals surface area contributed by atoms with Crippen molar-refractivity contribution in [2.45, 2.75) is 0 Å². The summed E-state index contributed by atoms with van der Waals surface area (Å²) in [7, 11) is 0. The molecule has 3 heteroatoms. The highest BCUT2D eigenvalue weighted by Gasteiger charge is 2.11. The standard InChI is InChI=1S/C19H13IN2/c20-19-18(21-17-11-4-5-12-22(17)19)16-10-6-9-15(13-16)14-7-2-1-3-8-14/h1-13H. The van der Waals surface area contributed by atoms with E-state index in [1.54, 1.807) is 0 Å². The van der Waals surface area contributed by atoms with Crippen molar-refractivity contribution in [2.24, 2.45) is 0 Å². The van der Waals surface area contributed by atoms with Crippen LogP contribution in [0.15, 0.2) is 79.0 Å². The van der Waals surface area contributed by atoms with Crippen LogP contribution in [0.1, 0.15) is 0 Å². The molecule has 0 aliphatic carbocycles. The van der Waals surface area contributed by atoms with Crippen molar-refractivity contribution in [3.8, 4) is 22.4 Å². The first kappa shape index (κ1) is 13.5. The first-order valence-corrected chi connectivity index (χ1v) is 8.19. The number of benzene rings is 2. The molecule has 0 saturated carbocycles. The minimum absolute atomic E-state index is 0.979. The summed E-state index contributed by atoms with van der Waals surface area (Å²) in [6, 6.07) is 25.1. The van der Waals surface area contributed by atoms with Gasteiger partial charge < -0.3 is 0 Å². The number of pyridine rings is 1. The smallest absolute Gasteiger partial charge is 0.138 e. The Morgan fingerprint density at radius 1 is 0.727 bits per heavy atom. The van der Waals surface area contributed by atoms with E-state index < -0.39 is 0 Å². The number of imidazole rings is 1. The lowest BCUT2D eigenvalue weighted by Gasteiger charge is -2.04. The summed E-state index contributed by atoms with van der Waals surface area (Å²) >= 11 is 2.36. The van der Waals surface area contributed by atoms with Crippen LogP contribution >= 0.6 is 22.6 Å². The highest BCUT2D eigenvalue weighted by atomic mass is 127. The molecule has 0 aliphatic heterocycles.